The molecule has 0 atom stereocenters. The van der Waals surface area contributed by atoms with Crippen molar-refractivity contribution in [2.24, 2.45) is 0 Å². The number of anilines is 1. The average Bonchev–Trinajstić information content (AvgIpc) is 3.08. The van der Waals surface area contributed by atoms with Gasteiger partial charge in [-0.05, 0) is 25.1 Å². The number of rotatable bonds is 2. The Bertz CT molecular complexity index is 1010. The first-order valence-electron chi connectivity index (χ1n) is 6.82. The van der Waals surface area contributed by atoms with Gasteiger partial charge < -0.3 is 11.5 Å². The van der Waals surface area contributed by atoms with Crippen molar-refractivity contribution in [3.63, 3.8) is 0 Å². The second-order valence-corrected chi connectivity index (χ2v) is 7.48. The Morgan fingerprint density at radius 2 is 2.00 bits per heavy atom. The number of nitrogens with one attached hydrogen (secondary N) is 2. The number of benzene rings is 1. The molecule has 0 spiro atoms. The van der Waals surface area contributed by atoms with Gasteiger partial charge in [0.2, 0.25) is 0 Å². The molecule has 3 aromatic rings. The summed E-state index contributed by atoms with van der Waals surface area (Å²) in [6, 6.07) is 4.24. The minimum absolute atomic E-state index is 0.155. The highest BCUT2D eigenvalue weighted by atomic mass is 32.2. The van der Waals surface area contributed by atoms with E-state index in [0.29, 0.717) is 26.6 Å². The number of aromatic nitrogens is 3. The lowest BCUT2D eigenvalue weighted by molar-refractivity contribution is -0.112. The maximum absolute atomic E-state index is 11.1. The zero-order chi connectivity index (χ0) is 19.7. The van der Waals surface area contributed by atoms with E-state index in [0.717, 1.165) is 5.69 Å². The van der Waals surface area contributed by atoms with Crippen molar-refractivity contribution >= 4 is 37.5 Å². The van der Waals surface area contributed by atoms with Gasteiger partial charge in [-0.15, -0.1) is 11.3 Å². The molecule has 142 valence electrons. The van der Waals surface area contributed by atoms with Crippen LogP contribution < -0.4 is 5.73 Å². The molecule has 5 N–H and O–H groups in total. The molecule has 1 aromatic carbocycles. The molecule has 0 aliphatic rings. The standard InChI is InChI=1S/C11H10N4O3S2.C2H3F3N/c1-5-9(10(12)15-14-5)11-13-7-3-2-6(20(16,17)18)4-8(7)19-11;3-2(4,5)1-6/h2-4H,1H3,(H3,12,14,15)(H,16,17,18);6H,1H2/q;-1. The quantitative estimate of drug-likeness (QED) is 0.554. The molecule has 0 aliphatic carbocycles. The van der Waals surface area contributed by atoms with Gasteiger partial charge in [0, 0.05) is 5.69 Å². The van der Waals surface area contributed by atoms with Crippen LogP contribution in [-0.2, 0) is 10.1 Å². The molecule has 2 heterocycles. The summed E-state index contributed by atoms with van der Waals surface area (Å²) in [5.41, 5.74) is 13.6. The number of hydrogen-bond donors (Lipinski definition) is 3. The number of alkyl halides is 3. The fraction of sp³-hybridized carbons (Fsp3) is 0.231. The van der Waals surface area contributed by atoms with Gasteiger partial charge in [0.1, 0.15) is 5.01 Å². The molecule has 0 radical (unpaired) electrons. The average molecular weight is 408 g/mol. The van der Waals surface area contributed by atoms with Crippen LogP contribution in [0.4, 0.5) is 19.0 Å². The van der Waals surface area contributed by atoms with Gasteiger partial charge in [0.05, 0.1) is 20.7 Å². The van der Waals surface area contributed by atoms with Crippen LogP contribution in [0.5, 0.6) is 0 Å². The van der Waals surface area contributed by atoms with Crippen molar-refractivity contribution in [3.05, 3.63) is 29.6 Å². The van der Waals surface area contributed by atoms with E-state index in [1.807, 2.05) is 6.92 Å². The third-order valence-electron chi connectivity index (χ3n) is 3.05. The molecule has 0 aliphatic heterocycles. The monoisotopic (exact) mass is 408 g/mol. The molecular formula is C13H13F3N5O3S2-. The van der Waals surface area contributed by atoms with Crippen molar-refractivity contribution in [1.29, 1.82) is 0 Å². The van der Waals surface area contributed by atoms with E-state index in [2.05, 4.69) is 15.2 Å². The summed E-state index contributed by atoms with van der Waals surface area (Å²) in [6.07, 6.45) is -4.29. The van der Waals surface area contributed by atoms with Crippen LogP contribution >= 0.6 is 11.3 Å². The van der Waals surface area contributed by atoms with Crippen molar-refractivity contribution in [2.45, 2.75) is 18.0 Å². The number of H-pyrrole nitrogens is 1. The second kappa shape index (κ2) is 7.19. The van der Waals surface area contributed by atoms with Crippen molar-refractivity contribution in [2.75, 3.05) is 12.3 Å². The number of thiazole rings is 1. The number of hydrogen-bond acceptors (Lipinski definition) is 6. The molecule has 0 fully saturated rings. The summed E-state index contributed by atoms with van der Waals surface area (Å²) >= 11 is 1.29. The minimum atomic E-state index is -4.29. The largest absolute Gasteiger partial charge is 0.670 e. The first kappa shape index (κ1) is 20.1. The SMILES string of the molecule is Cc1[nH]nc(N)c1-c1nc2ccc(S(=O)(=O)O)cc2s1.[NH-]CC(F)(F)F. The van der Waals surface area contributed by atoms with E-state index in [1.165, 1.54) is 23.5 Å². The highest BCUT2D eigenvalue weighted by Gasteiger charge is 2.18. The normalized spacial score (nSPS) is 12.1. The highest BCUT2D eigenvalue weighted by molar-refractivity contribution is 7.85. The zero-order valence-electron chi connectivity index (χ0n) is 13.1. The van der Waals surface area contributed by atoms with Crippen LogP contribution in [0.2, 0.25) is 0 Å². The van der Waals surface area contributed by atoms with Crippen LogP contribution in [0.3, 0.4) is 0 Å². The van der Waals surface area contributed by atoms with Gasteiger partial charge in [0.15, 0.2) is 5.82 Å². The molecule has 8 nitrogen and oxygen atoms in total. The molecule has 13 heteroatoms. The molecule has 0 saturated carbocycles. The second-order valence-electron chi connectivity index (χ2n) is 5.02. The molecule has 0 amide bonds. The molecule has 0 unspecified atom stereocenters. The maximum atomic E-state index is 11.1. The molecule has 26 heavy (non-hydrogen) atoms. The first-order chi connectivity index (χ1) is 11.9. The van der Waals surface area contributed by atoms with Gasteiger partial charge >= 0.3 is 6.18 Å². The predicted octanol–water partition coefficient (Wildman–Crippen LogP) is 3.42. The highest BCUT2D eigenvalue weighted by Crippen LogP contribution is 2.35. The summed E-state index contributed by atoms with van der Waals surface area (Å²) in [4.78, 5) is 4.25. The third kappa shape index (κ3) is 4.69. The molecular weight excluding hydrogens is 395 g/mol. The Morgan fingerprint density at radius 1 is 1.38 bits per heavy atom. The van der Waals surface area contributed by atoms with Gasteiger partial charge in [-0.1, -0.05) is 6.54 Å². The van der Waals surface area contributed by atoms with Crippen LogP contribution in [0.15, 0.2) is 23.1 Å². The molecule has 2 aromatic heterocycles. The number of nitrogens with zero attached hydrogens (tertiary/aromatic N) is 2. The molecule has 0 bridgehead atoms. The van der Waals surface area contributed by atoms with Crippen LogP contribution in [0.25, 0.3) is 26.5 Å². The zero-order valence-corrected chi connectivity index (χ0v) is 14.8. The van der Waals surface area contributed by atoms with Crippen molar-refractivity contribution in [3.8, 4) is 10.6 Å². The lowest BCUT2D eigenvalue weighted by Crippen LogP contribution is -2.08. The number of aryl methyl sites for hydroxylation is 1. The number of nitrogen functional groups attached to an aromatic ring is 1. The van der Waals surface area contributed by atoms with Gasteiger partial charge in [-0.3, -0.25) is 9.65 Å². The molecule has 3 rings (SSSR count). The lowest BCUT2D eigenvalue weighted by atomic mass is 10.2. The van der Waals surface area contributed by atoms with E-state index < -0.39 is 22.8 Å². The lowest BCUT2D eigenvalue weighted by Gasteiger charge is -2.04. The summed E-state index contributed by atoms with van der Waals surface area (Å²) in [6.45, 7) is 0.349. The third-order valence-corrected chi connectivity index (χ3v) is 4.93. The summed E-state index contributed by atoms with van der Waals surface area (Å²) < 4.78 is 63.7. The summed E-state index contributed by atoms with van der Waals surface area (Å²) in [7, 11) is -4.22. The Labute approximate surface area is 149 Å². The van der Waals surface area contributed by atoms with E-state index in [4.69, 9.17) is 16.0 Å². The first-order valence-corrected chi connectivity index (χ1v) is 9.08. The topological polar surface area (TPSA) is 146 Å². The Kier molecular flexibility index (Phi) is 5.55. The van der Waals surface area contributed by atoms with Gasteiger partial charge in [-0.2, -0.15) is 26.7 Å². The van der Waals surface area contributed by atoms with Gasteiger partial charge in [-0.25, -0.2) is 4.98 Å². The van der Waals surface area contributed by atoms with E-state index in [1.54, 1.807) is 6.07 Å². The van der Waals surface area contributed by atoms with Crippen LogP contribution in [0, 0.1) is 6.92 Å². The Hall–Kier alpha value is -2.22. The Morgan fingerprint density at radius 3 is 2.46 bits per heavy atom. The Balaban J connectivity index is 0.000000352. The number of halogens is 3. The maximum Gasteiger partial charge on any atom is 0.370 e. The summed E-state index contributed by atoms with van der Waals surface area (Å²) in [5, 5.41) is 7.32. The fourth-order valence-corrected chi connectivity index (χ4v) is 3.59. The molecule has 0 saturated heterocycles. The number of nitrogens with two attached hydrogens (primary N) is 1. The fourth-order valence-electron chi connectivity index (χ4n) is 1.89. The van der Waals surface area contributed by atoms with Crippen LogP contribution in [0.1, 0.15) is 5.69 Å². The van der Waals surface area contributed by atoms with E-state index >= 15 is 0 Å². The minimum Gasteiger partial charge on any atom is -0.670 e. The van der Waals surface area contributed by atoms with Crippen molar-refractivity contribution in [1.82, 2.24) is 15.2 Å². The number of fused-ring (bicyclic) bond motifs is 1. The van der Waals surface area contributed by atoms with E-state index in [9.17, 15) is 21.6 Å². The van der Waals surface area contributed by atoms with Crippen LogP contribution in [-0.4, -0.2) is 40.9 Å². The summed E-state index contributed by atoms with van der Waals surface area (Å²) in [5.74, 6) is 0.344. The smallest absolute Gasteiger partial charge is 0.370 e. The van der Waals surface area contributed by atoms with Crippen molar-refractivity contribution < 1.29 is 26.1 Å². The van der Waals surface area contributed by atoms with E-state index in [-0.39, 0.29) is 4.90 Å². The predicted molar refractivity (Wildman–Crippen MR) is 91.4 cm³/mol. The number of aromatic amines is 1. The van der Waals surface area contributed by atoms with Gasteiger partial charge in [0.25, 0.3) is 10.1 Å².